The third-order valence-corrected chi connectivity index (χ3v) is 11.2. The molecule has 6 nitrogen and oxygen atoms in total. The Kier molecular flexibility index (Phi) is 47.2. The number of unbranched alkanes of at least 4 members (excludes halogenated alkanes) is 20. The molecule has 0 spiro atoms. The van der Waals surface area contributed by atoms with Crippen LogP contribution in [-0.2, 0) is 14.3 Å². The number of hydrogen-bond acceptors (Lipinski definition) is 5. The van der Waals surface area contributed by atoms with E-state index in [2.05, 4.69) is 111 Å². The minimum absolute atomic E-state index is 0.0104. The summed E-state index contributed by atoms with van der Waals surface area (Å²) < 4.78 is 5.86. The minimum Gasteiger partial charge on any atom is -0.461 e. The standard InChI is InChI=1S/C57H97NO5/c1-4-7-10-13-16-19-22-25-28-30-33-36-39-42-45-48-53(63-57(62)50-47-44-41-38-35-32-29-26-23-20-17-14-11-8-5-2)51-56(61)58-54(52-59)55(60)49-46-43-40-37-34-31-27-24-21-18-15-12-9-6-3/h7-8,10-11,14,16-17,19-20,23,25,28,33,36,42,45,53-55,59-60H,4-6,9,12-13,15,18,21-22,24,26-27,29-32,34-35,37-41,43-44,46-52H2,1-3H3,(H,58,61)/b10-7-,11-8+,17-14+,19-16-,23-20+,28-25-,36-33-,45-42-. The van der Waals surface area contributed by atoms with Gasteiger partial charge in [0.05, 0.1) is 25.2 Å². The van der Waals surface area contributed by atoms with E-state index in [-0.39, 0.29) is 24.9 Å². The Bertz CT molecular complexity index is 1260. The smallest absolute Gasteiger partial charge is 0.306 e. The molecule has 3 N–H and O–H groups in total. The second-order valence-electron chi connectivity index (χ2n) is 17.2. The molecule has 0 fully saturated rings. The van der Waals surface area contributed by atoms with Crippen molar-refractivity contribution in [2.75, 3.05) is 6.61 Å². The molecule has 360 valence electrons. The van der Waals surface area contributed by atoms with E-state index in [0.29, 0.717) is 19.3 Å². The molecule has 0 bridgehead atoms. The van der Waals surface area contributed by atoms with Crippen LogP contribution in [0.2, 0.25) is 0 Å². The molecule has 6 heteroatoms. The van der Waals surface area contributed by atoms with Gasteiger partial charge < -0.3 is 20.3 Å². The number of esters is 1. The number of aliphatic hydroxyl groups excluding tert-OH is 2. The molecule has 0 saturated heterocycles. The number of ether oxygens (including phenoxy) is 1. The molecule has 1 amide bonds. The van der Waals surface area contributed by atoms with E-state index in [1.165, 1.54) is 96.3 Å². The van der Waals surface area contributed by atoms with Gasteiger partial charge in [-0.15, -0.1) is 0 Å². The first kappa shape index (κ1) is 59.8. The van der Waals surface area contributed by atoms with Crippen LogP contribution >= 0.6 is 0 Å². The lowest BCUT2D eigenvalue weighted by Gasteiger charge is -2.24. The molecule has 0 heterocycles. The number of rotatable bonds is 45. The predicted molar refractivity (Wildman–Crippen MR) is 273 cm³/mol. The molecular formula is C57H97NO5. The van der Waals surface area contributed by atoms with Crippen LogP contribution in [0.4, 0.5) is 0 Å². The van der Waals surface area contributed by atoms with Gasteiger partial charge in [-0.25, -0.2) is 0 Å². The van der Waals surface area contributed by atoms with Gasteiger partial charge in [0.15, 0.2) is 0 Å². The zero-order chi connectivity index (χ0) is 45.9. The van der Waals surface area contributed by atoms with E-state index in [0.717, 1.165) is 83.5 Å². The van der Waals surface area contributed by atoms with Gasteiger partial charge in [-0.05, 0) is 64.2 Å². The molecule has 0 aromatic carbocycles. The van der Waals surface area contributed by atoms with Crippen molar-refractivity contribution < 1.29 is 24.5 Å². The zero-order valence-electron chi connectivity index (χ0n) is 40.9. The summed E-state index contributed by atoms with van der Waals surface area (Å²) in [5.41, 5.74) is 0. The molecular weight excluding hydrogens is 779 g/mol. The molecule has 0 radical (unpaired) electrons. The van der Waals surface area contributed by atoms with Gasteiger partial charge in [0.2, 0.25) is 5.91 Å². The Labute approximate surface area is 388 Å². The summed E-state index contributed by atoms with van der Waals surface area (Å²) in [4.78, 5) is 26.1. The van der Waals surface area contributed by atoms with Gasteiger partial charge in [0, 0.05) is 12.8 Å². The highest BCUT2D eigenvalue weighted by Crippen LogP contribution is 2.16. The Morgan fingerprint density at radius 2 is 0.952 bits per heavy atom. The maximum absolute atomic E-state index is 13.2. The van der Waals surface area contributed by atoms with E-state index in [9.17, 15) is 19.8 Å². The quantitative estimate of drug-likeness (QED) is 0.0245. The number of carbonyl (C=O) groups is 2. The molecule has 0 aliphatic rings. The van der Waals surface area contributed by atoms with E-state index >= 15 is 0 Å². The summed E-state index contributed by atoms with van der Waals surface area (Å²) in [6, 6.07) is -0.740. The molecule has 3 unspecified atom stereocenters. The van der Waals surface area contributed by atoms with Gasteiger partial charge in [-0.2, -0.15) is 0 Å². The maximum Gasteiger partial charge on any atom is 0.306 e. The van der Waals surface area contributed by atoms with Gasteiger partial charge in [-0.3, -0.25) is 9.59 Å². The van der Waals surface area contributed by atoms with Crippen molar-refractivity contribution >= 4 is 11.9 Å². The van der Waals surface area contributed by atoms with Crippen molar-refractivity contribution in [2.24, 2.45) is 0 Å². The van der Waals surface area contributed by atoms with Crippen LogP contribution < -0.4 is 5.32 Å². The first-order valence-corrected chi connectivity index (χ1v) is 26.0. The average Bonchev–Trinajstić information content (AvgIpc) is 3.28. The second-order valence-corrected chi connectivity index (χ2v) is 17.2. The van der Waals surface area contributed by atoms with Crippen molar-refractivity contribution in [1.82, 2.24) is 5.32 Å². The van der Waals surface area contributed by atoms with E-state index in [1.807, 2.05) is 12.2 Å². The van der Waals surface area contributed by atoms with E-state index < -0.39 is 18.2 Å². The van der Waals surface area contributed by atoms with Crippen molar-refractivity contribution in [3.05, 3.63) is 97.2 Å². The number of amides is 1. The summed E-state index contributed by atoms with van der Waals surface area (Å²) >= 11 is 0. The average molecular weight is 876 g/mol. The third-order valence-electron chi connectivity index (χ3n) is 11.2. The fourth-order valence-corrected chi connectivity index (χ4v) is 7.34. The Morgan fingerprint density at radius 1 is 0.508 bits per heavy atom. The Morgan fingerprint density at radius 3 is 1.46 bits per heavy atom. The van der Waals surface area contributed by atoms with Crippen LogP contribution in [0.15, 0.2) is 97.2 Å². The molecule has 0 rings (SSSR count). The lowest BCUT2D eigenvalue weighted by Crippen LogP contribution is -2.46. The maximum atomic E-state index is 13.2. The highest BCUT2D eigenvalue weighted by molar-refractivity contribution is 5.77. The van der Waals surface area contributed by atoms with Gasteiger partial charge in [0.25, 0.3) is 0 Å². The minimum atomic E-state index is -0.819. The monoisotopic (exact) mass is 876 g/mol. The zero-order valence-corrected chi connectivity index (χ0v) is 40.9. The van der Waals surface area contributed by atoms with Crippen molar-refractivity contribution in [3.63, 3.8) is 0 Å². The van der Waals surface area contributed by atoms with Crippen molar-refractivity contribution in [1.29, 1.82) is 0 Å². The fourth-order valence-electron chi connectivity index (χ4n) is 7.34. The topological polar surface area (TPSA) is 95.9 Å². The molecule has 0 aliphatic carbocycles. The summed E-state index contributed by atoms with van der Waals surface area (Å²) in [6.07, 6.45) is 66.2. The summed E-state index contributed by atoms with van der Waals surface area (Å²) in [6.45, 7) is 6.21. The highest BCUT2D eigenvalue weighted by atomic mass is 16.5. The first-order chi connectivity index (χ1) is 31.0. The number of hydrogen-bond donors (Lipinski definition) is 3. The third kappa shape index (κ3) is 45.2. The SMILES string of the molecule is CC/C=C\C/C=C\C/C=C\C/C=C\C/C=C\CC(CC(=O)NC(CO)C(O)CCCCCCCCCCCCCCCC)OC(=O)CCCCCCCCC/C=C/C=C/C=C/CC. The van der Waals surface area contributed by atoms with Crippen LogP contribution in [0.5, 0.6) is 0 Å². The molecule has 0 aromatic rings. The van der Waals surface area contributed by atoms with Crippen LogP contribution in [0.25, 0.3) is 0 Å². The number of allylic oxidation sites excluding steroid dienone is 15. The van der Waals surface area contributed by atoms with Crippen LogP contribution in [0.1, 0.15) is 226 Å². The summed E-state index contributed by atoms with van der Waals surface area (Å²) in [7, 11) is 0. The second kappa shape index (κ2) is 49.8. The van der Waals surface area contributed by atoms with Gasteiger partial charge in [-0.1, -0.05) is 240 Å². The Hall–Kier alpha value is -3.22. The fraction of sp³-hybridized carbons (Fsp3) is 0.684. The molecule has 0 aliphatic heterocycles. The van der Waals surface area contributed by atoms with E-state index in [4.69, 9.17) is 4.74 Å². The largest absolute Gasteiger partial charge is 0.461 e. The van der Waals surface area contributed by atoms with Crippen molar-refractivity contribution in [3.8, 4) is 0 Å². The Balaban J connectivity index is 4.74. The molecule has 63 heavy (non-hydrogen) atoms. The molecule has 0 saturated carbocycles. The normalized spacial score (nSPS) is 14.0. The number of nitrogens with one attached hydrogen (secondary N) is 1. The highest BCUT2D eigenvalue weighted by Gasteiger charge is 2.23. The van der Waals surface area contributed by atoms with Crippen LogP contribution in [0.3, 0.4) is 0 Å². The van der Waals surface area contributed by atoms with E-state index in [1.54, 1.807) is 0 Å². The van der Waals surface area contributed by atoms with Crippen LogP contribution in [-0.4, -0.2) is 46.9 Å². The number of aliphatic hydroxyl groups is 2. The number of carbonyl (C=O) groups excluding carboxylic acids is 2. The first-order valence-electron chi connectivity index (χ1n) is 26.0. The summed E-state index contributed by atoms with van der Waals surface area (Å²) in [5, 5.41) is 23.7. The lowest BCUT2D eigenvalue weighted by molar-refractivity contribution is -0.150. The van der Waals surface area contributed by atoms with Crippen LogP contribution in [0, 0.1) is 0 Å². The van der Waals surface area contributed by atoms with Gasteiger partial charge in [0.1, 0.15) is 6.10 Å². The van der Waals surface area contributed by atoms with Gasteiger partial charge >= 0.3 is 5.97 Å². The lowest BCUT2D eigenvalue weighted by atomic mass is 10.0. The molecule has 3 atom stereocenters. The summed E-state index contributed by atoms with van der Waals surface area (Å²) in [5.74, 6) is -0.599. The predicted octanol–water partition coefficient (Wildman–Crippen LogP) is 15.7. The molecule has 0 aromatic heterocycles. The van der Waals surface area contributed by atoms with Crippen molar-refractivity contribution in [2.45, 2.75) is 244 Å².